The van der Waals surface area contributed by atoms with E-state index in [0.29, 0.717) is 12.1 Å². The van der Waals surface area contributed by atoms with E-state index in [4.69, 9.17) is 0 Å². The summed E-state index contributed by atoms with van der Waals surface area (Å²) in [4.78, 5) is 12.7. The Bertz CT molecular complexity index is 755. The number of nitrogens with one attached hydrogen (secondary N) is 1. The minimum atomic E-state index is -0.551. The lowest BCUT2D eigenvalue weighted by Gasteiger charge is -2.23. The van der Waals surface area contributed by atoms with E-state index in [1.807, 2.05) is 58.2 Å². The smallest absolute Gasteiger partial charge is 0.254 e. The molecule has 1 aliphatic carbocycles. The van der Waals surface area contributed by atoms with Gasteiger partial charge in [0.1, 0.15) is 0 Å². The van der Waals surface area contributed by atoms with Crippen molar-refractivity contribution >= 4 is 5.91 Å². The molecule has 1 aromatic carbocycles. The molecule has 2 aromatic rings. The van der Waals surface area contributed by atoms with E-state index in [1.54, 1.807) is 10.9 Å². The van der Waals surface area contributed by atoms with Gasteiger partial charge in [0, 0.05) is 30.6 Å². The molecular formula is C20H27N3O2. The van der Waals surface area contributed by atoms with Gasteiger partial charge in [0.15, 0.2) is 0 Å². The van der Waals surface area contributed by atoms with Gasteiger partial charge in [-0.15, -0.1) is 0 Å². The van der Waals surface area contributed by atoms with Crippen molar-refractivity contribution in [3.05, 3.63) is 53.3 Å². The number of benzene rings is 1. The highest BCUT2D eigenvalue weighted by Crippen LogP contribution is 2.54. The number of hydrogen-bond acceptors (Lipinski definition) is 3. The number of hydrogen-bond donors (Lipinski definition) is 2. The lowest BCUT2D eigenvalue weighted by atomic mass is 9.89. The molecule has 0 saturated heterocycles. The Balaban J connectivity index is 1.71. The first-order chi connectivity index (χ1) is 11.7. The van der Waals surface area contributed by atoms with Crippen molar-refractivity contribution in [1.29, 1.82) is 0 Å². The highest BCUT2D eigenvalue weighted by atomic mass is 16.3. The van der Waals surface area contributed by atoms with Crippen LogP contribution in [0.1, 0.15) is 61.3 Å². The van der Waals surface area contributed by atoms with Crippen LogP contribution in [0.25, 0.3) is 0 Å². The summed E-state index contributed by atoms with van der Waals surface area (Å²) in [5.41, 5.74) is 1.86. The molecular weight excluding hydrogens is 314 g/mol. The standard InChI is InChI=1S/C20H27N3O2/c1-19(2,3)16-15(12-23(4)22-16)18(25)21-13-20(10-11-20)17(24)14-8-6-5-7-9-14/h5-9,12,17,24H,10-11,13H2,1-4H3,(H,21,25). The third-order valence-electron chi connectivity index (χ3n) is 4.97. The van der Waals surface area contributed by atoms with Crippen LogP contribution >= 0.6 is 0 Å². The van der Waals surface area contributed by atoms with E-state index in [0.717, 1.165) is 24.1 Å². The van der Waals surface area contributed by atoms with Crippen molar-refractivity contribution in [3.8, 4) is 0 Å². The molecule has 1 fully saturated rings. The van der Waals surface area contributed by atoms with Gasteiger partial charge in [-0.1, -0.05) is 51.1 Å². The molecule has 2 N–H and O–H groups in total. The second-order valence-corrected chi connectivity index (χ2v) is 8.17. The molecule has 1 heterocycles. The lowest BCUT2D eigenvalue weighted by molar-refractivity contribution is 0.0806. The zero-order chi connectivity index (χ0) is 18.2. The molecule has 1 atom stereocenters. The lowest BCUT2D eigenvalue weighted by Crippen LogP contribution is -2.34. The summed E-state index contributed by atoms with van der Waals surface area (Å²) in [6.45, 7) is 6.62. The molecule has 5 nitrogen and oxygen atoms in total. The Morgan fingerprint density at radius 3 is 2.52 bits per heavy atom. The molecule has 0 radical (unpaired) electrons. The Kier molecular flexibility index (Phi) is 4.45. The van der Waals surface area contributed by atoms with E-state index >= 15 is 0 Å². The quantitative estimate of drug-likeness (QED) is 0.878. The maximum absolute atomic E-state index is 12.7. The number of amides is 1. The fourth-order valence-electron chi connectivity index (χ4n) is 3.26. The molecule has 134 valence electrons. The second-order valence-electron chi connectivity index (χ2n) is 8.17. The number of aryl methyl sites for hydroxylation is 1. The monoisotopic (exact) mass is 341 g/mol. The van der Waals surface area contributed by atoms with Crippen LogP contribution < -0.4 is 5.32 Å². The number of carbonyl (C=O) groups excluding carboxylic acids is 1. The predicted octanol–water partition coefficient (Wildman–Crippen LogP) is 2.96. The minimum absolute atomic E-state index is 0.121. The third-order valence-corrected chi connectivity index (χ3v) is 4.97. The first-order valence-corrected chi connectivity index (χ1v) is 8.78. The third kappa shape index (κ3) is 3.61. The van der Waals surface area contributed by atoms with Crippen LogP contribution in [0.15, 0.2) is 36.5 Å². The van der Waals surface area contributed by atoms with E-state index < -0.39 is 6.10 Å². The molecule has 0 aliphatic heterocycles. The summed E-state index contributed by atoms with van der Waals surface area (Å²) in [6, 6.07) is 9.67. The van der Waals surface area contributed by atoms with Gasteiger partial charge >= 0.3 is 0 Å². The van der Waals surface area contributed by atoms with Crippen molar-refractivity contribution in [2.24, 2.45) is 12.5 Å². The summed E-state index contributed by atoms with van der Waals surface area (Å²) < 4.78 is 1.68. The Morgan fingerprint density at radius 2 is 1.96 bits per heavy atom. The fourth-order valence-corrected chi connectivity index (χ4v) is 3.26. The van der Waals surface area contributed by atoms with Gasteiger partial charge in [0.05, 0.1) is 17.4 Å². The van der Waals surface area contributed by atoms with Gasteiger partial charge in [0.25, 0.3) is 5.91 Å². The maximum atomic E-state index is 12.7. The number of aliphatic hydroxyl groups excluding tert-OH is 1. The molecule has 0 bridgehead atoms. The van der Waals surface area contributed by atoms with Gasteiger partial charge < -0.3 is 10.4 Å². The number of rotatable bonds is 5. The van der Waals surface area contributed by atoms with Crippen LogP contribution in [-0.2, 0) is 12.5 Å². The molecule has 25 heavy (non-hydrogen) atoms. The van der Waals surface area contributed by atoms with Crippen molar-refractivity contribution in [2.45, 2.75) is 45.1 Å². The highest BCUT2D eigenvalue weighted by molar-refractivity contribution is 5.95. The fraction of sp³-hybridized carbons (Fsp3) is 0.500. The van der Waals surface area contributed by atoms with Crippen LogP contribution in [0.5, 0.6) is 0 Å². The van der Waals surface area contributed by atoms with E-state index in [-0.39, 0.29) is 16.7 Å². The SMILES string of the molecule is Cn1cc(C(=O)NCC2(C(O)c3ccccc3)CC2)c(C(C)(C)C)n1. The maximum Gasteiger partial charge on any atom is 0.254 e. The topological polar surface area (TPSA) is 67.2 Å². The van der Waals surface area contributed by atoms with E-state index in [1.165, 1.54) is 0 Å². The summed E-state index contributed by atoms with van der Waals surface area (Å²) in [6.07, 6.45) is 3.05. The first kappa shape index (κ1) is 17.7. The van der Waals surface area contributed by atoms with Gasteiger partial charge in [-0.25, -0.2) is 0 Å². The zero-order valence-electron chi connectivity index (χ0n) is 15.4. The zero-order valence-corrected chi connectivity index (χ0v) is 15.4. The van der Waals surface area contributed by atoms with Gasteiger partial charge in [-0.2, -0.15) is 5.10 Å². The molecule has 3 rings (SSSR count). The molecule has 1 aromatic heterocycles. The van der Waals surface area contributed by atoms with Crippen LogP contribution in [0.3, 0.4) is 0 Å². The van der Waals surface area contributed by atoms with E-state index in [9.17, 15) is 9.90 Å². The Hall–Kier alpha value is -2.14. The highest BCUT2D eigenvalue weighted by Gasteiger charge is 2.49. The average Bonchev–Trinajstić information content (AvgIpc) is 3.26. The summed E-state index contributed by atoms with van der Waals surface area (Å²) >= 11 is 0. The van der Waals surface area contributed by atoms with Crippen molar-refractivity contribution in [1.82, 2.24) is 15.1 Å². The molecule has 1 aliphatic rings. The largest absolute Gasteiger partial charge is 0.388 e. The van der Waals surface area contributed by atoms with E-state index in [2.05, 4.69) is 10.4 Å². The Morgan fingerprint density at radius 1 is 1.32 bits per heavy atom. The van der Waals surface area contributed by atoms with Crippen LogP contribution in [0.2, 0.25) is 0 Å². The molecule has 1 unspecified atom stereocenters. The van der Waals surface area contributed by atoms with Crippen LogP contribution in [-0.4, -0.2) is 27.3 Å². The number of aromatic nitrogens is 2. The van der Waals surface area contributed by atoms with Crippen LogP contribution in [0.4, 0.5) is 0 Å². The van der Waals surface area contributed by atoms with Gasteiger partial charge in [0.2, 0.25) is 0 Å². The number of aliphatic hydroxyl groups is 1. The number of nitrogens with zero attached hydrogens (tertiary/aromatic N) is 2. The average molecular weight is 341 g/mol. The van der Waals surface area contributed by atoms with Crippen molar-refractivity contribution in [3.63, 3.8) is 0 Å². The molecule has 1 saturated carbocycles. The van der Waals surface area contributed by atoms with Gasteiger partial charge in [-0.3, -0.25) is 9.48 Å². The molecule has 0 spiro atoms. The minimum Gasteiger partial charge on any atom is -0.388 e. The van der Waals surface area contributed by atoms with Crippen molar-refractivity contribution in [2.75, 3.05) is 6.54 Å². The van der Waals surface area contributed by atoms with Gasteiger partial charge in [-0.05, 0) is 18.4 Å². The summed E-state index contributed by atoms with van der Waals surface area (Å²) in [5, 5.41) is 18.2. The summed E-state index contributed by atoms with van der Waals surface area (Å²) in [7, 11) is 1.83. The second kappa shape index (κ2) is 6.30. The van der Waals surface area contributed by atoms with Crippen LogP contribution in [0, 0.1) is 5.41 Å². The predicted molar refractivity (Wildman–Crippen MR) is 97.3 cm³/mol. The molecule has 1 amide bonds. The normalized spacial score (nSPS) is 17.2. The number of carbonyl (C=O) groups is 1. The van der Waals surface area contributed by atoms with Crippen molar-refractivity contribution < 1.29 is 9.90 Å². The first-order valence-electron chi connectivity index (χ1n) is 8.78. The Labute approximate surface area is 149 Å². The molecule has 5 heteroatoms. The summed E-state index contributed by atoms with van der Waals surface area (Å²) in [5.74, 6) is -0.121.